The number of nitrogens with zero attached hydrogens (tertiary/aromatic N) is 3. The van der Waals surface area contributed by atoms with Gasteiger partial charge in [-0.15, -0.1) is 4.40 Å². The van der Waals surface area contributed by atoms with Crippen molar-refractivity contribution >= 4 is 42.4 Å². The van der Waals surface area contributed by atoms with Crippen LogP contribution in [0.25, 0.3) is 4.91 Å². The number of amidine groups is 1. The van der Waals surface area contributed by atoms with Crippen LogP contribution < -0.4 is 0 Å². The summed E-state index contributed by atoms with van der Waals surface area (Å²) in [6, 6.07) is 6.69. The van der Waals surface area contributed by atoms with Crippen LogP contribution in [0.2, 0.25) is 5.02 Å². The van der Waals surface area contributed by atoms with E-state index in [1.54, 1.807) is 31.2 Å². The Hall–Kier alpha value is -1.42. The maximum absolute atomic E-state index is 12.7. The molecule has 0 saturated carbocycles. The molecule has 0 N–H and O–H groups in total. The Kier molecular flexibility index (Phi) is 6.19. The molecule has 0 bridgehead atoms. The molecule has 1 fully saturated rings. The lowest BCUT2D eigenvalue weighted by Crippen LogP contribution is -2.38. The highest BCUT2D eigenvalue weighted by atomic mass is 35.5. The van der Waals surface area contributed by atoms with Gasteiger partial charge in [0, 0.05) is 36.8 Å². The second kappa shape index (κ2) is 8.14. The quantitative estimate of drug-likeness (QED) is 0.710. The van der Waals surface area contributed by atoms with E-state index in [0.717, 1.165) is 0 Å². The van der Waals surface area contributed by atoms with Crippen molar-refractivity contribution in [3.05, 3.63) is 40.4 Å². The Morgan fingerprint density at radius 2 is 1.93 bits per heavy atom. The average molecular weight is 446 g/mol. The number of benzene rings is 1. The number of hydrogen-bond donors (Lipinski definition) is 0. The summed E-state index contributed by atoms with van der Waals surface area (Å²) in [6.07, 6.45) is 1.18. The molecule has 0 atom stereocenters. The second-order valence-corrected chi connectivity index (χ2v) is 11.0. The topological polar surface area (TPSA) is 87.1 Å². The largest absolute Gasteiger partial charge is 0.354 e. The highest BCUT2D eigenvalue weighted by molar-refractivity contribution is 8.00. The molecule has 2 aliphatic heterocycles. The van der Waals surface area contributed by atoms with Gasteiger partial charge >= 0.3 is 0 Å². The van der Waals surface area contributed by atoms with Gasteiger partial charge < -0.3 is 4.90 Å². The molecule has 7 nitrogen and oxygen atoms in total. The van der Waals surface area contributed by atoms with Gasteiger partial charge in [-0.25, -0.2) is 12.7 Å². The number of hydrogen-bond acceptors (Lipinski definition) is 5. The highest BCUT2D eigenvalue weighted by Crippen LogP contribution is 2.34. The SMILES string of the molecule is CCCS(=O)(=O)N1CCCN(C2=NS(=O)(=O)C(c3cccc(Cl)c3)=C2C)CC1. The van der Waals surface area contributed by atoms with Gasteiger partial charge in [-0.3, -0.25) is 0 Å². The molecule has 0 amide bonds. The molecule has 2 heterocycles. The van der Waals surface area contributed by atoms with Gasteiger partial charge in [0.05, 0.1) is 5.75 Å². The fraction of sp³-hybridized carbons (Fsp3) is 0.500. The van der Waals surface area contributed by atoms with Crippen LogP contribution in [0.3, 0.4) is 0 Å². The first-order valence-electron chi connectivity index (χ1n) is 9.20. The van der Waals surface area contributed by atoms with E-state index >= 15 is 0 Å². The zero-order valence-electron chi connectivity index (χ0n) is 15.9. The van der Waals surface area contributed by atoms with Crippen molar-refractivity contribution in [1.29, 1.82) is 0 Å². The molecule has 0 spiro atoms. The van der Waals surface area contributed by atoms with Crippen molar-refractivity contribution in [3.8, 4) is 0 Å². The lowest BCUT2D eigenvalue weighted by atomic mass is 10.1. The maximum atomic E-state index is 12.7. The van der Waals surface area contributed by atoms with Gasteiger partial charge in [0.2, 0.25) is 10.0 Å². The minimum atomic E-state index is -3.83. The Morgan fingerprint density at radius 3 is 2.61 bits per heavy atom. The summed E-state index contributed by atoms with van der Waals surface area (Å²) >= 11 is 6.03. The van der Waals surface area contributed by atoms with Gasteiger partial charge in [-0.2, -0.15) is 8.42 Å². The Labute approximate surface area is 171 Å². The Morgan fingerprint density at radius 1 is 1.18 bits per heavy atom. The first-order chi connectivity index (χ1) is 13.2. The molecule has 1 aromatic carbocycles. The normalized spacial score (nSPS) is 21.0. The van der Waals surface area contributed by atoms with Crippen LogP contribution in [0, 0.1) is 0 Å². The summed E-state index contributed by atoms with van der Waals surface area (Å²) in [7, 11) is -7.11. The fourth-order valence-corrected chi connectivity index (χ4v) is 6.79. The van der Waals surface area contributed by atoms with Crippen molar-refractivity contribution in [2.24, 2.45) is 4.40 Å². The average Bonchev–Trinajstić information content (AvgIpc) is 2.77. The molecule has 28 heavy (non-hydrogen) atoms. The predicted octanol–water partition coefficient (Wildman–Crippen LogP) is 2.56. The maximum Gasteiger partial charge on any atom is 0.285 e. The summed E-state index contributed by atoms with van der Waals surface area (Å²) in [5.74, 6) is 0.518. The zero-order chi connectivity index (χ0) is 20.5. The third kappa shape index (κ3) is 4.27. The van der Waals surface area contributed by atoms with Crippen LogP contribution in [0.15, 0.2) is 34.2 Å². The molecule has 2 aliphatic rings. The van der Waals surface area contributed by atoms with Crippen LogP contribution in [-0.4, -0.2) is 63.8 Å². The third-order valence-electron chi connectivity index (χ3n) is 4.84. The second-order valence-electron chi connectivity index (χ2n) is 6.91. The molecular formula is C18H24ClN3O4S2. The predicted molar refractivity (Wildman–Crippen MR) is 112 cm³/mol. The van der Waals surface area contributed by atoms with Gasteiger partial charge in [-0.1, -0.05) is 30.7 Å². The number of sulfonamides is 2. The Bertz CT molecular complexity index is 1030. The summed E-state index contributed by atoms with van der Waals surface area (Å²) in [5.41, 5.74) is 1.07. The van der Waals surface area contributed by atoms with Gasteiger partial charge in [0.15, 0.2) is 0 Å². The van der Waals surface area contributed by atoms with Crippen molar-refractivity contribution < 1.29 is 16.8 Å². The van der Waals surface area contributed by atoms with E-state index < -0.39 is 20.0 Å². The zero-order valence-corrected chi connectivity index (χ0v) is 18.3. The summed E-state index contributed by atoms with van der Waals surface area (Å²) < 4.78 is 55.6. The van der Waals surface area contributed by atoms with E-state index in [0.29, 0.717) is 61.0 Å². The first-order valence-corrected chi connectivity index (χ1v) is 12.6. The lowest BCUT2D eigenvalue weighted by Gasteiger charge is -2.23. The van der Waals surface area contributed by atoms with Crippen molar-refractivity contribution in [3.63, 3.8) is 0 Å². The monoisotopic (exact) mass is 445 g/mol. The molecular weight excluding hydrogens is 422 g/mol. The summed E-state index contributed by atoms with van der Waals surface area (Å²) in [6.45, 7) is 5.27. The number of halogens is 1. The molecule has 0 aromatic heterocycles. The summed E-state index contributed by atoms with van der Waals surface area (Å²) in [4.78, 5) is 2.02. The van der Waals surface area contributed by atoms with E-state index in [1.165, 1.54) is 4.31 Å². The minimum absolute atomic E-state index is 0.125. The molecule has 154 valence electrons. The molecule has 0 unspecified atom stereocenters. The number of rotatable bonds is 4. The van der Waals surface area contributed by atoms with E-state index in [4.69, 9.17) is 11.6 Å². The molecule has 1 saturated heterocycles. The highest BCUT2D eigenvalue weighted by Gasteiger charge is 2.35. The van der Waals surface area contributed by atoms with E-state index in [9.17, 15) is 16.8 Å². The van der Waals surface area contributed by atoms with Crippen molar-refractivity contribution in [1.82, 2.24) is 9.21 Å². The van der Waals surface area contributed by atoms with Gasteiger partial charge in [-0.05, 0) is 37.5 Å². The van der Waals surface area contributed by atoms with Crippen LogP contribution in [0.1, 0.15) is 32.3 Å². The third-order valence-corrected chi connectivity index (χ3v) is 8.62. The lowest BCUT2D eigenvalue weighted by molar-refractivity contribution is 0.408. The fourth-order valence-electron chi connectivity index (χ4n) is 3.58. The summed E-state index contributed by atoms with van der Waals surface area (Å²) in [5, 5.41) is 0.452. The van der Waals surface area contributed by atoms with Crippen LogP contribution in [-0.2, 0) is 20.0 Å². The van der Waals surface area contributed by atoms with Crippen LogP contribution in [0.5, 0.6) is 0 Å². The molecule has 0 aliphatic carbocycles. The smallest absolute Gasteiger partial charge is 0.285 e. The molecule has 0 radical (unpaired) electrons. The van der Waals surface area contributed by atoms with Crippen molar-refractivity contribution in [2.45, 2.75) is 26.7 Å². The van der Waals surface area contributed by atoms with E-state index in [-0.39, 0.29) is 10.7 Å². The van der Waals surface area contributed by atoms with Gasteiger partial charge in [0.25, 0.3) is 10.0 Å². The van der Waals surface area contributed by atoms with Crippen molar-refractivity contribution in [2.75, 3.05) is 31.9 Å². The van der Waals surface area contributed by atoms with Gasteiger partial charge in [0.1, 0.15) is 10.7 Å². The Balaban J connectivity index is 1.88. The van der Waals surface area contributed by atoms with E-state index in [2.05, 4.69) is 4.40 Å². The van der Waals surface area contributed by atoms with E-state index in [1.807, 2.05) is 11.8 Å². The molecule has 3 rings (SSSR count). The minimum Gasteiger partial charge on any atom is -0.354 e. The van der Waals surface area contributed by atoms with Crippen LogP contribution >= 0.6 is 11.6 Å². The van der Waals surface area contributed by atoms with Crippen LogP contribution in [0.4, 0.5) is 0 Å². The first kappa shape index (κ1) is 21.3. The molecule has 1 aromatic rings. The standard InChI is InChI=1S/C18H24ClN3O4S2/c1-3-12-27(23,24)22-9-5-8-21(10-11-22)18-14(2)17(28(25,26)20-18)15-6-4-7-16(19)13-15/h4,6-7,13H,3,5,8-12H2,1-2H3. The molecule has 10 heteroatoms.